The Kier molecular flexibility index (Phi) is 1.52. The van der Waals surface area contributed by atoms with E-state index in [4.69, 9.17) is 0 Å². The summed E-state index contributed by atoms with van der Waals surface area (Å²) in [6, 6.07) is 0. The Morgan fingerprint density at radius 3 is 2.85 bits per heavy atom. The van der Waals surface area contributed by atoms with Crippen molar-refractivity contribution >= 4 is 11.6 Å². The molecule has 2 atom stereocenters. The highest BCUT2D eigenvalue weighted by molar-refractivity contribution is 5.99. The fraction of sp³-hybridized carbons (Fsp3) is 0.600. The normalized spacial score (nSPS) is 43.8. The number of carbonyl (C=O) groups is 2. The van der Waals surface area contributed by atoms with Gasteiger partial charge in [0.15, 0.2) is 5.78 Å². The summed E-state index contributed by atoms with van der Waals surface area (Å²) < 4.78 is 0. The van der Waals surface area contributed by atoms with Crippen LogP contribution in [0, 0.1) is 5.41 Å². The van der Waals surface area contributed by atoms with Gasteiger partial charge in [-0.25, -0.2) is 0 Å². The molecule has 1 saturated carbocycles. The highest BCUT2D eigenvalue weighted by atomic mass is 16.3. The summed E-state index contributed by atoms with van der Waals surface area (Å²) in [5.41, 5.74) is -1.93. The van der Waals surface area contributed by atoms with Crippen LogP contribution in [0.2, 0.25) is 0 Å². The van der Waals surface area contributed by atoms with Crippen LogP contribution in [0.4, 0.5) is 0 Å². The van der Waals surface area contributed by atoms with E-state index in [0.717, 1.165) is 0 Å². The summed E-state index contributed by atoms with van der Waals surface area (Å²) in [4.78, 5) is 22.6. The van der Waals surface area contributed by atoms with Gasteiger partial charge in [-0.1, -0.05) is 6.08 Å². The van der Waals surface area contributed by atoms with Crippen molar-refractivity contribution in [1.29, 1.82) is 0 Å². The Hall–Kier alpha value is -0.960. The van der Waals surface area contributed by atoms with E-state index in [-0.39, 0.29) is 18.0 Å². The van der Waals surface area contributed by atoms with Crippen molar-refractivity contribution in [1.82, 2.24) is 0 Å². The molecule has 0 heterocycles. The van der Waals surface area contributed by atoms with Crippen molar-refractivity contribution in [2.75, 3.05) is 0 Å². The zero-order chi connectivity index (χ0) is 9.69. The lowest BCUT2D eigenvalue weighted by Crippen LogP contribution is -2.47. The number of Topliss-reactive ketones (excluding diaryl/α,β-unsaturated/α-hetero) is 1. The average Bonchev–Trinajstić information content (AvgIpc) is 2.28. The van der Waals surface area contributed by atoms with Gasteiger partial charge >= 0.3 is 0 Å². The first-order valence-electron chi connectivity index (χ1n) is 4.46. The maximum absolute atomic E-state index is 11.5. The minimum absolute atomic E-state index is 0.0405. The molecule has 2 aliphatic rings. The van der Waals surface area contributed by atoms with Crippen LogP contribution in [-0.4, -0.2) is 22.3 Å². The standard InChI is InChI=1S/C10H12O3/c1-9-4-2-7(11)6-10(9,13)5-3-8(9)12/h2,4,13H,3,5-6H2,1H3. The van der Waals surface area contributed by atoms with Crippen molar-refractivity contribution in [2.24, 2.45) is 5.41 Å². The molecule has 0 aliphatic heterocycles. The number of fused-ring (bicyclic) bond motifs is 1. The molecule has 0 aromatic rings. The number of rotatable bonds is 0. The van der Waals surface area contributed by atoms with E-state index in [2.05, 4.69) is 0 Å². The maximum atomic E-state index is 11.5. The second-order valence-electron chi connectivity index (χ2n) is 4.13. The van der Waals surface area contributed by atoms with Gasteiger partial charge in [-0.15, -0.1) is 0 Å². The number of carbonyl (C=O) groups excluding carboxylic acids is 2. The lowest BCUT2D eigenvalue weighted by Gasteiger charge is -2.37. The summed E-state index contributed by atoms with van der Waals surface area (Å²) in [7, 11) is 0. The number of hydrogen-bond acceptors (Lipinski definition) is 3. The predicted molar refractivity (Wildman–Crippen MR) is 46.1 cm³/mol. The number of ketones is 2. The summed E-state index contributed by atoms with van der Waals surface area (Å²) in [5.74, 6) is -0.0478. The van der Waals surface area contributed by atoms with Gasteiger partial charge in [-0.05, 0) is 19.4 Å². The highest BCUT2D eigenvalue weighted by Crippen LogP contribution is 2.48. The molecular formula is C10H12O3. The lowest BCUT2D eigenvalue weighted by molar-refractivity contribution is -0.135. The van der Waals surface area contributed by atoms with Crippen molar-refractivity contribution in [3.8, 4) is 0 Å². The van der Waals surface area contributed by atoms with Crippen LogP contribution in [0.3, 0.4) is 0 Å². The molecule has 0 amide bonds. The zero-order valence-corrected chi connectivity index (χ0v) is 7.54. The summed E-state index contributed by atoms with van der Waals surface area (Å²) in [5, 5.41) is 10.1. The Balaban J connectivity index is 2.50. The van der Waals surface area contributed by atoms with Crippen LogP contribution in [0.15, 0.2) is 12.2 Å². The second kappa shape index (κ2) is 2.29. The highest BCUT2D eigenvalue weighted by Gasteiger charge is 2.57. The molecule has 2 rings (SSSR count). The topological polar surface area (TPSA) is 54.4 Å². The van der Waals surface area contributed by atoms with E-state index in [1.165, 1.54) is 6.08 Å². The number of aliphatic hydroxyl groups is 1. The molecule has 0 aromatic heterocycles. The van der Waals surface area contributed by atoms with Gasteiger partial charge in [0.05, 0.1) is 11.0 Å². The Morgan fingerprint density at radius 1 is 1.46 bits per heavy atom. The van der Waals surface area contributed by atoms with Crippen molar-refractivity contribution in [3.63, 3.8) is 0 Å². The lowest BCUT2D eigenvalue weighted by atomic mass is 9.69. The number of hydrogen-bond donors (Lipinski definition) is 1. The van der Waals surface area contributed by atoms with E-state index < -0.39 is 11.0 Å². The first-order valence-corrected chi connectivity index (χ1v) is 4.46. The maximum Gasteiger partial charge on any atom is 0.158 e. The Bertz CT molecular complexity index is 318. The summed E-state index contributed by atoms with van der Waals surface area (Å²) in [6.45, 7) is 1.71. The second-order valence-corrected chi connectivity index (χ2v) is 4.13. The number of allylic oxidation sites excluding steroid dienone is 1. The first kappa shape index (κ1) is 8.63. The Morgan fingerprint density at radius 2 is 2.15 bits per heavy atom. The van der Waals surface area contributed by atoms with E-state index >= 15 is 0 Å². The van der Waals surface area contributed by atoms with Crippen LogP contribution in [0.1, 0.15) is 26.2 Å². The fourth-order valence-corrected chi connectivity index (χ4v) is 2.23. The van der Waals surface area contributed by atoms with Crippen LogP contribution < -0.4 is 0 Å². The van der Waals surface area contributed by atoms with E-state index in [9.17, 15) is 14.7 Å². The molecule has 1 fully saturated rings. The zero-order valence-electron chi connectivity index (χ0n) is 7.54. The van der Waals surface area contributed by atoms with Gasteiger partial charge < -0.3 is 5.11 Å². The third-order valence-corrected chi connectivity index (χ3v) is 3.38. The molecule has 0 saturated heterocycles. The molecule has 3 heteroatoms. The molecule has 0 aromatic carbocycles. The SMILES string of the molecule is CC12C=CC(=O)CC1(O)CCC2=O. The van der Waals surface area contributed by atoms with Crippen LogP contribution >= 0.6 is 0 Å². The van der Waals surface area contributed by atoms with Gasteiger partial charge in [-0.3, -0.25) is 9.59 Å². The third-order valence-electron chi connectivity index (χ3n) is 3.38. The smallest absolute Gasteiger partial charge is 0.158 e. The largest absolute Gasteiger partial charge is 0.388 e. The van der Waals surface area contributed by atoms with Crippen LogP contribution in [0.5, 0.6) is 0 Å². The van der Waals surface area contributed by atoms with E-state index in [0.29, 0.717) is 12.8 Å². The molecule has 2 aliphatic carbocycles. The predicted octanol–water partition coefficient (Wildman–Crippen LogP) is 0.616. The summed E-state index contributed by atoms with van der Waals surface area (Å²) in [6.07, 6.45) is 3.86. The minimum atomic E-state index is -1.12. The molecule has 2 unspecified atom stereocenters. The van der Waals surface area contributed by atoms with E-state index in [1.807, 2.05) is 0 Å². The fourth-order valence-electron chi connectivity index (χ4n) is 2.23. The molecule has 3 nitrogen and oxygen atoms in total. The molecule has 0 spiro atoms. The van der Waals surface area contributed by atoms with Gasteiger partial charge in [0.25, 0.3) is 0 Å². The van der Waals surface area contributed by atoms with Crippen molar-refractivity contribution in [2.45, 2.75) is 31.8 Å². The molecular weight excluding hydrogens is 168 g/mol. The molecule has 70 valence electrons. The van der Waals surface area contributed by atoms with Gasteiger partial charge in [0.2, 0.25) is 0 Å². The average molecular weight is 180 g/mol. The molecule has 0 bridgehead atoms. The monoisotopic (exact) mass is 180 g/mol. The van der Waals surface area contributed by atoms with Crippen molar-refractivity contribution < 1.29 is 14.7 Å². The molecule has 1 N–H and O–H groups in total. The quantitative estimate of drug-likeness (QED) is 0.594. The van der Waals surface area contributed by atoms with Gasteiger partial charge in [-0.2, -0.15) is 0 Å². The van der Waals surface area contributed by atoms with Crippen LogP contribution in [0.25, 0.3) is 0 Å². The van der Waals surface area contributed by atoms with Crippen molar-refractivity contribution in [3.05, 3.63) is 12.2 Å². The molecule has 13 heavy (non-hydrogen) atoms. The van der Waals surface area contributed by atoms with Gasteiger partial charge in [0.1, 0.15) is 5.78 Å². The minimum Gasteiger partial charge on any atom is -0.388 e. The van der Waals surface area contributed by atoms with Gasteiger partial charge in [0, 0.05) is 12.8 Å². The van der Waals surface area contributed by atoms with Crippen LogP contribution in [-0.2, 0) is 9.59 Å². The molecule has 0 radical (unpaired) electrons. The first-order chi connectivity index (χ1) is 5.98. The van der Waals surface area contributed by atoms with E-state index in [1.54, 1.807) is 13.0 Å². The third kappa shape index (κ3) is 0.936. The Labute approximate surface area is 76.4 Å². The summed E-state index contributed by atoms with van der Waals surface area (Å²) >= 11 is 0.